The van der Waals surface area contributed by atoms with Gasteiger partial charge in [-0.2, -0.15) is 5.10 Å². The highest BCUT2D eigenvalue weighted by Crippen LogP contribution is 2.06. The average Bonchev–Trinajstić information content (AvgIpc) is 2.58. The molecular weight excluding hydrogens is 222 g/mol. The second-order valence-electron chi connectivity index (χ2n) is 4.62. The van der Waals surface area contributed by atoms with Crippen LogP contribution in [0.25, 0.3) is 0 Å². The first-order chi connectivity index (χ1) is 7.79. The average molecular weight is 239 g/mol. The first-order valence-corrected chi connectivity index (χ1v) is 5.27. The van der Waals surface area contributed by atoms with Crippen LogP contribution in [0.5, 0.6) is 0 Å². The van der Waals surface area contributed by atoms with Crippen molar-refractivity contribution in [3.63, 3.8) is 0 Å². The van der Waals surface area contributed by atoms with Crippen LogP contribution in [0.1, 0.15) is 31.3 Å². The highest BCUT2D eigenvalue weighted by atomic mass is 16.6. The molecule has 1 rings (SSSR count). The van der Waals surface area contributed by atoms with E-state index in [0.29, 0.717) is 5.69 Å². The third-order valence-electron chi connectivity index (χ3n) is 1.90. The lowest BCUT2D eigenvalue weighted by Gasteiger charge is -2.19. The normalized spacial score (nSPS) is 11.1. The highest BCUT2D eigenvalue weighted by Gasteiger charge is 2.17. The Morgan fingerprint density at radius 2 is 2.12 bits per heavy atom. The minimum Gasteiger partial charge on any atom is -0.444 e. The molecule has 0 radical (unpaired) electrons. The third kappa shape index (κ3) is 4.26. The summed E-state index contributed by atoms with van der Waals surface area (Å²) in [5.74, 6) is -0.212. The lowest BCUT2D eigenvalue weighted by atomic mass is 10.2. The Morgan fingerprint density at radius 3 is 2.59 bits per heavy atom. The number of ether oxygens (including phenoxy) is 1. The lowest BCUT2D eigenvalue weighted by molar-refractivity contribution is 0.0520. The molecule has 1 amide bonds. The zero-order chi connectivity index (χ0) is 13.1. The number of carbonyl (C=O) groups is 2. The van der Waals surface area contributed by atoms with Crippen molar-refractivity contribution in [3.05, 3.63) is 18.0 Å². The van der Waals surface area contributed by atoms with Gasteiger partial charge in [-0.3, -0.25) is 9.48 Å². The number of alkyl carbamates (subject to hydrolysis) is 1. The molecule has 0 unspecified atom stereocenters. The summed E-state index contributed by atoms with van der Waals surface area (Å²) in [6, 6.07) is 1.60. The molecule has 0 saturated heterocycles. The van der Waals surface area contributed by atoms with Crippen molar-refractivity contribution in [1.82, 2.24) is 15.1 Å². The van der Waals surface area contributed by atoms with Gasteiger partial charge in [0.2, 0.25) is 0 Å². The molecule has 1 heterocycles. The molecule has 0 aliphatic rings. The van der Waals surface area contributed by atoms with Crippen LogP contribution in [-0.4, -0.2) is 33.8 Å². The van der Waals surface area contributed by atoms with Gasteiger partial charge in [-0.15, -0.1) is 0 Å². The number of ketones is 1. The van der Waals surface area contributed by atoms with Gasteiger partial charge in [0.25, 0.3) is 0 Å². The van der Waals surface area contributed by atoms with Gasteiger partial charge in [-0.25, -0.2) is 4.79 Å². The van der Waals surface area contributed by atoms with E-state index in [4.69, 9.17) is 4.74 Å². The maximum atomic E-state index is 11.7. The van der Waals surface area contributed by atoms with Gasteiger partial charge < -0.3 is 10.1 Å². The zero-order valence-electron chi connectivity index (χ0n) is 10.5. The molecule has 0 aliphatic carbocycles. The van der Waals surface area contributed by atoms with Crippen LogP contribution in [0.2, 0.25) is 0 Å². The summed E-state index contributed by atoms with van der Waals surface area (Å²) in [6.07, 6.45) is 0.925. The van der Waals surface area contributed by atoms with Crippen molar-refractivity contribution < 1.29 is 14.3 Å². The summed E-state index contributed by atoms with van der Waals surface area (Å²) < 4.78 is 6.47. The summed E-state index contributed by atoms with van der Waals surface area (Å²) >= 11 is 0. The number of amides is 1. The van der Waals surface area contributed by atoms with Gasteiger partial charge in [0.05, 0.1) is 6.54 Å². The highest BCUT2D eigenvalue weighted by molar-refractivity contribution is 5.97. The summed E-state index contributed by atoms with van der Waals surface area (Å²) in [5.41, 5.74) is -0.124. The minimum absolute atomic E-state index is 0.103. The van der Waals surface area contributed by atoms with Crippen molar-refractivity contribution in [1.29, 1.82) is 0 Å². The van der Waals surface area contributed by atoms with Crippen LogP contribution >= 0.6 is 0 Å². The van der Waals surface area contributed by atoms with Crippen LogP contribution < -0.4 is 5.32 Å². The van der Waals surface area contributed by atoms with Gasteiger partial charge in [0.15, 0.2) is 5.78 Å². The van der Waals surface area contributed by atoms with E-state index in [1.165, 1.54) is 10.9 Å². The van der Waals surface area contributed by atoms with E-state index in [0.717, 1.165) is 0 Å². The predicted octanol–water partition coefficient (Wildman–Crippen LogP) is 1.13. The number of aromatic nitrogens is 2. The summed E-state index contributed by atoms with van der Waals surface area (Å²) in [4.78, 5) is 23.0. The Kier molecular flexibility index (Phi) is 3.88. The van der Waals surface area contributed by atoms with Gasteiger partial charge in [0.1, 0.15) is 11.3 Å². The number of rotatable bonds is 3. The van der Waals surface area contributed by atoms with E-state index in [9.17, 15) is 9.59 Å². The molecule has 1 aromatic heterocycles. The maximum Gasteiger partial charge on any atom is 0.408 e. The molecule has 6 nitrogen and oxygen atoms in total. The smallest absolute Gasteiger partial charge is 0.408 e. The molecule has 0 atom stereocenters. The number of carbonyl (C=O) groups excluding carboxylic acids is 2. The number of aryl methyl sites for hydroxylation is 1. The molecule has 0 spiro atoms. The Hall–Kier alpha value is -1.85. The zero-order valence-corrected chi connectivity index (χ0v) is 10.5. The Labute approximate surface area is 99.9 Å². The van der Waals surface area contributed by atoms with Gasteiger partial charge >= 0.3 is 6.09 Å². The molecule has 1 aromatic rings. The van der Waals surface area contributed by atoms with Crippen LogP contribution in [0.3, 0.4) is 0 Å². The fourth-order valence-electron chi connectivity index (χ4n) is 1.20. The van der Waals surface area contributed by atoms with Crippen molar-refractivity contribution in [2.24, 2.45) is 7.05 Å². The Balaban J connectivity index is 2.45. The van der Waals surface area contributed by atoms with Gasteiger partial charge in [0, 0.05) is 13.2 Å². The molecule has 1 N–H and O–H groups in total. The van der Waals surface area contributed by atoms with Gasteiger partial charge in [-0.1, -0.05) is 0 Å². The molecular formula is C11H17N3O3. The Bertz CT molecular complexity index is 418. The number of hydrogen-bond acceptors (Lipinski definition) is 4. The first kappa shape index (κ1) is 13.2. The number of Topliss-reactive ketones (excluding diaryl/α,β-unsaturated/α-hetero) is 1. The van der Waals surface area contributed by atoms with E-state index in [1.54, 1.807) is 33.9 Å². The molecule has 0 saturated carbocycles. The lowest BCUT2D eigenvalue weighted by Crippen LogP contribution is -2.35. The molecule has 0 fully saturated rings. The molecule has 0 aliphatic heterocycles. The van der Waals surface area contributed by atoms with E-state index >= 15 is 0 Å². The van der Waals surface area contributed by atoms with Crippen LogP contribution in [-0.2, 0) is 11.8 Å². The maximum absolute atomic E-state index is 11.7. The van der Waals surface area contributed by atoms with Crippen LogP contribution in [0.4, 0.5) is 4.79 Å². The topological polar surface area (TPSA) is 73.2 Å². The van der Waals surface area contributed by atoms with Crippen molar-refractivity contribution >= 4 is 11.9 Å². The van der Waals surface area contributed by atoms with Crippen LogP contribution in [0, 0.1) is 0 Å². The summed E-state index contributed by atoms with van der Waals surface area (Å²) in [5, 5.41) is 6.28. The largest absolute Gasteiger partial charge is 0.444 e. The van der Waals surface area contributed by atoms with E-state index in [2.05, 4.69) is 10.4 Å². The summed E-state index contributed by atoms with van der Waals surface area (Å²) in [7, 11) is 1.67. The number of hydrogen-bond donors (Lipinski definition) is 1. The molecule has 6 heteroatoms. The quantitative estimate of drug-likeness (QED) is 0.802. The number of nitrogens with zero attached hydrogens (tertiary/aromatic N) is 2. The predicted molar refractivity (Wildman–Crippen MR) is 61.8 cm³/mol. The third-order valence-corrected chi connectivity index (χ3v) is 1.90. The van der Waals surface area contributed by atoms with Crippen molar-refractivity contribution in [2.75, 3.05) is 6.54 Å². The minimum atomic E-state index is -0.604. The monoisotopic (exact) mass is 239 g/mol. The van der Waals surface area contributed by atoms with Crippen molar-refractivity contribution in [3.8, 4) is 0 Å². The van der Waals surface area contributed by atoms with E-state index < -0.39 is 11.7 Å². The molecule has 0 bridgehead atoms. The molecule has 94 valence electrons. The second kappa shape index (κ2) is 4.99. The molecule has 17 heavy (non-hydrogen) atoms. The van der Waals surface area contributed by atoms with Crippen molar-refractivity contribution in [2.45, 2.75) is 26.4 Å². The first-order valence-electron chi connectivity index (χ1n) is 5.27. The fourth-order valence-corrected chi connectivity index (χ4v) is 1.20. The fraction of sp³-hybridized carbons (Fsp3) is 0.545. The number of nitrogens with one attached hydrogen (secondary N) is 1. The second-order valence-corrected chi connectivity index (χ2v) is 4.62. The standard InChI is InChI=1S/C11H17N3O3/c1-11(2,3)17-10(16)12-7-9(15)8-5-6-13-14(8)4/h5-6H,7H2,1-4H3,(H,12,16). The van der Waals surface area contributed by atoms with E-state index in [1.807, 2.05) is 0 Å². The van der Waals surface area contributed by atoms with Crippen LogP contribution in [0.15, 0.2) is 12.3 Å². The summed E-state index contributed by atoms with van der Waals surface area (Å²) in [6.45, 7) is 5.18. The SMILES string of the molecule is Cn1nccc1C(=O)CNC(=O)OC(C)(C)C. The van der Waals surface area contributed by atoms with Gasteiger partial charge in [-0.05, 0) is 26.8 Å². The molecule has 0 aromatic carbocycles. The van der Waals surface area contributed by atoms with E-state index in [-0.39, 0.29) is 12.3 Å². The Morgan fingerprint density at radius 1 is 1.47 bits per heavy atom.